The van der Waals surface area contributed by atoms with Gasteiger partial charge in [0.2, 0.25) is 0 Å². The summed E-state index contributed by atoms with van der Waals surface area (Å²) in [5.41, 5.74) is 0.983. The minimum atomic E-state index is -0.193. The van der Waals surface area contributed by atoms with Crippen LogP contribution in [-0.2, 0) is 4.74 Å². The third-order valence-corrected chi connectivity index (χ3v) is 2.71. The van der Waals surface area contributed by atoms with Crippen LogP contribution in [0.1, 0.15) is 19.8 Å². The highest BCUT2D eigenvalue weighted by atomic mass is 19.1. The van der Waals surface area contributed by atoms with Crippen LogP contribution in [0.4, 0.5) is 10.1 Å². The van der Waals surface area contributed by atoms with Gasteiger partial charge >= 0.3 is 0 Å². The lowest BCUT2D eigenvalue weighted by Crippen LogP contribution is -2.40. The lowest BCUT2D eigenvalue weighted by Gasteiger charge is -2.36. The van der Waals surface area contributed by atoms with Crippen LogP contribution in [-0.4, -0.2) is 18.8 Å². The molecule has 3 heteroatoms. The quantitative estimate of drug-likeness (QED) is 0.823. The minimum absolute atomic E-state index is 0.193. The molecule has 2 rings (SSSR count). The van der Waals surface area contributed by atoms with Crippen molar-refractivity contribution in [1.29, 1.82) is 0 Å². The molecule has 1 fully saturated rings. The summed E-state index contributed by atoms with van der Waals surface area (Å²) in [6.07, 6.45) is 2.50. The first-order valence-electron chi connectivity index (χ1n) is 5.41. The molecule has 0 bridgehead atoms. The Morgan fingerprint density at radius 3 is 2.60 bits per heavy atom. The molecule has 82 valence electrons. The Morgan fingerprint density at radius 1 is 1.33 bits per heavy atom. The van der Waals surface area contributed by atoms with E-state index in [0.29, 0.717) is 12.1 Å². The molecular formula is C12H16FNO. The molecule has 1 aromatic carbocycles. The van der Waals surface area contributed by atoms with Gasteiger partial charge in [0.05, 0.1) is 6.10 Å². The third-order valence-electron chi connectivity index (χ3n) is 2.71. The van der Waals surface area contributed by atoms with Crippen molar-refractivity contribution in [2.45, 2.75) is 31.9 Å². The molecule has 0 heterocycles. The largest absolute Gasteiger partial charge is 0.382 e. The molecule has 1 N–H and O–H groups in total. The van der Waals surface area contributed by atoms with Gasteiger partial charge in [-0.1, -0.05) is 0 Å². The smallest absolute Gasteiger partial charge is 0.123 e. The normalized spacial score (nSPS) is 24.7. The lowest BCUT2D eigenvalue weighted by atomic mass is 9.89. The highest BCUT2D eigenvalue weighted by Crippen LogP contribution is 2.26. The van der Waals surface area contributed by atoms with E-state index in [1.165, 1.54) is 12.1 Å². The second kappa shape index (κ2) is 4.62. The number of anilines is 1. The maximum Gasteiger partial charge on any atom is 0.123 e. The van der Waals surface area contributed by atoms with E-state index in [-0.39, 0.29) is 5.82 Å². The van der Waals surface area contributed by atoms with Gasteiger partial charge in [0.1, 0.15) is 5.82 Å². The van der Waals surface area contributed by atoms with E-state index in [1.54, 1.807) is 12.1 Å². The Balaban J connectivity index is 1.77. The third kappa shape index (κ3) is 2.69. The summed E-state index contributed by atoms with van der Waals surface area (Å²) < 4.78 is 18.1. The Hall–Kier alpha value is -1.09. The first-order chi connectivity index (χ1) is 7.28. The van der Waals surface area contributed by atoms with Crippen LogP contribution in [0.2, 0.25) is 0 Å². The number of halogens is 1. The van der Waals surface area contributed by atoms with Crippen LogP contribution in [0.25, 0.3) is 0 Å². The van der Waals surface area contributed by atoms with Gasteiger partial charge in [-0.2, -0.15) is 0 Å². The standard InChI is InChI=1S/C12H16FNO/c1-2-15-12-7-11(8-12)14-10-5-3-9(13)4-6-10/h3-6,11-12,14H,2,7-8H2,1H3. The summed E-state index contributed by atoms with van der Waals surface area (Å²) in [5, 5.41) is 3.35. The summed E-state index contributed by atoms with van der Waals surface area (Å²) in [5.74, 6) is -0.193. The van der Waals surface area contributed by atoms with E-state index in [2.05, 4.69) is 5.32 Å². The molecule has 1 aliphatic carbocycles. The van der Waals surface area contributed by atoms with E-state index in [9.17, 15) is 4.39 Å². The summed E-state index contributed by atoms with van der Waals surface area (Å²) in [6.45, 7) is 2.80. The molecule has 0 atom stereocenters. The molecule has 0 spiro atoms. The topological polar surface area (TPSA) is 21.3 Å². The van der Waals surface area contributed by atoms with Crippen molar-refractivity contribution >= 4 is 5.69 Å². The molecule has 1 aromatic rings. The Kier molecular flexibility index (Phi) is 3.21. The summed E-state index contributed by atoms with van der Waals surface area (Å²) in [6, 6.07) is 6.96. The molecule has 15 heavy (non-hydrogen) atoms. The monoisotopic (exact) mass is 209 g/mol. The summed E-state index contributed by atoms with van der Waals surface area (Å²) in [7, 11) is 0. The first-order valence-corrected chi connectivity index (χ1v) is 5.41. The Bertz CT molecular complexity index is 306. The van der Waals surface area contributed by atoms with Crippen LogP contribution in [0.5, 0.6) is 0 Å². The van der Waals surface area contributed by atoms with Crippen molar-refractivity contribution in [2.24, 2.45) is 0 Å². The molecule has 0 amide bonds. The van der Waals surface area contributed by atoms with Crippen LogP contribution in [0.3, 0.4) is 0 Å². The maximum absolute atomic E-state index is 12.6. The molecule has 0 aliphatic heterocycles. The van der Waals surface area contributed by atoms with Crippen LogP contribution < -0.4 is 5.32 Å². The Morgan fingerprint density at radius 2 is 2.00 bits per heavy atom. The van der Waals surface area contributed by atoms with E-state index < -0.39 is 0 Å². The van der Waals surface area contributed by atoms with Crippen molar-refractivity contribution in [1.82, 2.24) is 0 Å². The van der Waals surface area contributed by atoms with Crippen LogP contribution >= 0.6 is 0 Å². The fourth-order valence-electron chi connectivity index (χ4n) is 1.84. The fourth-order valence-corrected chi connectivity index (χ4v) is 1.84. The molecular weight excluding hydrogens is 193 g/mol. The van der Waals surface area contributed by atoms with Crippen molar-refractivity contribution in [3.63, 3.8) is 0 Å². The zero-order valence-electron chi connectivity index (χ0n) is 8.87. The van der Waals surface area contributed by atoms with E-state index in [0.717, 1.165) is 25.1 Å². The molecule has 0 saturated heterocycles. The Labute approximate surface area is 89.4 Å². The number of nitrogens with one attached hydrogen (secondary N) is 1. The molecule has 1 aliphatic rings. The highest BCUT2D eigenvalue weighted by molar-refractivity contribution is 5.44. The SMILES string of the molecule is CCOC1CC(Nc2ccc(F)cc2)C1. The van der Waals surface area contributed by atoms with Crippen LogP contribution in [0, 0.1) is 5.82 Å². The van der Waals surface area contributed by atoms with Gasteiger partial charge in [-0.3, -0.25) is 0 Å². The maximum atomic E-state index is 12.6. The van der Waals surface area contributed by atoms with Crippen molar-refractivity contribution in [3.8, 4) is 0 Å². The number of hydrogen-bond donors (Lipinski definition) is 1. The van der Waals surface area contributed by atoms with Crippen LogP contribution in [0.15, 0.2) is 24.3 Å². The van der Waals surface area contributed by atoms with Gasteiger partial charge in [0.25, 0.3) is 0 Å². The van der Waals surface area contributed by atoms with E-state index in [1.807, 2.05) is 6.92 Å². The predicted octanol–water partition coefficient (Wildman–Crippen LogP) is 2.81. The zero-order chi connectivity index (χ0) is 10.7. The number of ether oxygens (including phenoxy) is 1. The lowest BCUT2D eigenvalue weighted by molar-refractivity contribution is 0.00299. The number of benzene rings is 1. The summed E-state index contributed by atoms with van der Waals surface area (Å²) >= 11 is 0. The second-order valence-electron chi connectivity index (χ2n) is 3.90. The average molecular weight is 209 g/mol. The van der Waals surface area contributed by atoms with Gasteiger partial charge in [-0.15, -0.1) is 0 Å². The highest BCUT2D eigenvalue weighted by Gasteiger charge is 2.29. The molecule has 0 aromatic heterocycles. The first kappa shape index (κ1) is 10.4. The van der Waals surface area contributed by atoms with Crippen molar-refractivity contribution in [3.05, 3.63) is 30.1 Å². The molecule has 2 nitrogen and oxygen atoms in total. The molecule has 1 saturated carbocycles. The van der Waals surface area contributed by atoms with Gasteiger partial charge in [0.15, 0.2) is 0 Å². The molecule has 0 radical (unpaired) electrons. The van der Waals surface area contributed by atoms with E-state index >= 15 is 0 Å². The molecule has 0 unspecified atom stereocenters. The zero-order valence-corrected chi connectivity index (χ0v) is 8.87. The minimum Gasteiger partial charge on any atom is -0.382 e. The summed E-state index contributed by atoms with van der Waals surface area (Å²) in [4.78, 5) is 0. The van der Waals surface area contributed by atoms with Gasteiger partial charge < -0.3 is 10.1 Å². The van der Waals surface area contributed by atoms with Crippen molar-refractivity contribution < 1.29 is 9.13 Å². The number of hydrogen-bond acceptors (Lipinski definition) is 2. The average Bonchev–Trinajstić information content (AvgIpc) is 2.18. The van der Waals surface area contributed by atoms with Gasteiger partial charge in [-0.05, 0) is 44.0 Å². The second-order valence-corrected chi connectivity index (χ2v) is 3.90. The van der Waals surface area contributed by atoms with Gasteiger partial charge in [-0.25, -0.2) is 4.39 Å². The fraction of sp³-hybridized carbons (Fsp3) is 0.500. The van der Waals surface area contributed by atoms with Crippen molar-refractivity contribution in [2.75, 3.05) is 11.9 Å². The van der Waals surface area contributed by atoms with Gasteiger partial charge in [0, 0.05) is 18.3 Å². The van der Waals surface area contributed by atoms with E-state index in [4.69, 9.17) is 4.74 Å². The predicted molar refractivity (Wildman–Crippen MR) is 58.5 cm³/mol. The number of rotatable bonds is 4.